The van der Waals surface area contributed by atoms with Gasteiger partial charge in [-0.3, -0.25) is 4.79 Å². The van der Waals surface area contributed by atoms with Crippen LogP contribution in [-0.4, -0.2) is 23.4 Å². The predicted molar refractivity (Wildman–Crippen MR) is 105 cm³/mol. The molecule has 172 valence electrons. The van der Waals surface area contributed by atoms with Crippen molar-refractivity contribution in [2.24, 2.45) is 0 Å². The number of rotatable bonds is 3. The Bertz CT molecular complexity index is 921. The van der Waals surface area contributed by atoms with Gasteiger partial charge in [-0.2, -0.15) is 26.3 Å². The lowest BCUT2D eigenvalue weighted by Gasteiger charge is -2.36. The standard InChI is InChI=1S/C21H19F6NO.HN3/c22-20(23,24)16-11-15(12-17(13-16)21(25,26)27)19(29)28-9-5-4-8-18(28)10-14-6-2-1-3-7-14;1-3-2/h1-3,6-7,11-13,18H,4-5,8-10H2;1H/t18-;/m1./s1. The van der Waals surface area contributed by atoms with Crippen molar-refractivity contribution in [3.8, 4) is 0 Å². The third-order valence-electron chi connectivity index (χ3n) is 5.04. The number of halogens is 6. The van der Waals surface area contributed by atoms with Crippen LogP contribution in [-0.2, 0) is 18.8 Å². The van der Waals surface area contributed by atoms with Gasteiger partial charge >= 0.3 is 12.4 Å². The van der Waals surface area contributed by atoms with Crippen molar-refractivity contribution in [2.75, 3.05) is 6.54 Å². The molecule has 0 spiro atoms. The van der Waals surface area contributed by atoms with Gasteiger partial charge in [0.05, 0.1) is 11.1 Å². The first-order valence-corrected chi connectivity index (χ1v) is 9.62. The summed E-state index contributed by atoms with van der Waals surface area (Å²) in [6.07, 6.45) is -7.33. The van der Waals surface area contributed by atoms with E-state index >= 15 is 0 Å². The highest BCUT2D eigenvalue weighted by molar-refractivity contribution is 5.95. The Hall–Kier alpha value is -3.20. The Balaban J connectivity index is 0.00000114. The first-order chi connectivity index (χ1) is 15.0. The first-order valence-electron chi connectivity index (χ1n) is 9.62. The molecule has 0 radical (unpaired) electrons. The van der Waals surface area contributed by atoms with Crippen molar-refractivity contribution in [1.29, 1.82) is 5.53 Å². The molecule has 1 aliphatic rings. The molecule has 32 heavy (non-hydrogen) atoms. The normalized spacial score (nSPS) is 16.6. The summed E-state index contributed by atoms with van der Waals surface area (Å²) in [7, 11) is 0. The van der Waals surface area contributed by atoms with Crippen LogP contribution in [0.4, 0.5) is 26.3 Å². The Labute approximate surface area is 180 Å². The fourth-order valence-corrected chi connectivity index (χ4v) is 3.61. The molecule has 1 amide bonds. The van der Waals surface area contributed by atoms with Crippen molar-refractivity contribution < 1.29 is 31.1 Å². The van der Waals surface area contributed by atoms with E-state index in [-0.39, 0.29) is 12.1 Å². The topological polar surface area (TPSA) is 80.6 Å². The molecule has 0 aromatic heterocycles. The van der Waals surface area contributed by atoms with E-state index in [1.165, 1.54) is 4.90 Å². The minimum absolute atomic E-state index is 0.0361. The summed E-state index contributed by atoms with van der Waals surface area (Å²) in [6, 6.07) is 10.1. The van der Waals surface area contributed by atoms with Gasteiger partial charge in [0.25, 0.3) is 5.91 Å². The third-order valence-corrected chi connectivity index (χ3v) is 5.04. The molecule has 0 bridgehead atoms. The summed E-state index contributed by atoms with van der Waals surface area (Å²) < 4.78 is 78.7. The van der Waals surface area contributed by atoms with Crippen molar-refractivity contribution in [3.05, 3.63) is 81.2 Å². The first kappa shape index (κ1) is 25.1. The zero-order chi connectivity index (χ0) is 23.9. The maximum absolute atomic E-state index is 13.1. The van der Waals surface area contributed by atoms with E-state index in [9.17, 15) is 31.1 Å². The van der Waals surface area contributed by atoms with Crippen LogP contribution < -0.4 is 0 Å². The number of piperidine rings is 1. The third kappa shape index (κ3) is 6.65. The fourth-order valence-electron chi connectivity index (χ4n) is 3.61. The Kier molecular flexibility index (Phi) is 8.15. The molecule has 1 aliphatic heterocycles. The van der Waals surface area contributed by atoms with E-state index < -0.39 is 35.0 Å². The van der Waals surface area contributed by atoms with Gasteiger partial charge in [-0.1, -0.05) is 30.3 Å². The average Bonchev–Trinajstić information content (AvgIpc) is 2.73. The maximum atomic E-state index is 13.1. The quantitative estimate of drug-likeness (QED) is 0.232. The van der Waals surface area contributed by atoms with Crippen LogP contribution in [0.3, 0.4) is 0 Å². The largest absolute Gasteiger partial charge is 0.416 e. The van der Waals surface area contributed by atoms with Gasteiger partial charge in [-0.25, -0.2) is 0 Å². The zero-order valence-electron chi connectivity index (χ0n) is 16.7. The van der Waals surface area contributed by atoms with Crippen LogP contribution in [0.25, 0.3) is 10.4 Å². The molecule has 2 aromatic carbocycles. The number of nitrogens with zero attached hydrogens (tertiary/aromatic N) is 3. The smallest absolute Gasteiger partial charge is 0.335 e. The molecule has 1 atom stereocenters. The van der Waals surface area contributed by atoms with Gasteiger partial charge in [0.15, 0.2) is 0 Å². The summed E-state index contributed by atoms with van der Waals surface area (Å²) in [5, 5.41) is 0. The maximum Gasteiger partial charge on any atom is 0.416 e. The molecule has 0 aliphatic carbocycles. The van der Waals surface area contributed by atoms with Crippen LogP contribution in [0.15, 0.2) is 48.5 Å². The number of amides is 1. The number of benzene rings is 2. The Morgan fingerprint density at radius 1 is 1.00 bits per heavy atom. The summed E-state index contributed by atoms with van der Waals surface area (Å²) in [4.78, 5) is 16.1. The van der Waals surface area contributed by atoms with E-state index in [0.717, 1.165) is 12.0 Å². The van der Waals surface area contributed by atoms with Gasteiger partial charge in [-0.15, -0.1) is 5.53 Å². The fraction of sp³-hybridized carbons (Fsp3) is 0.381. The summed E-state index contributed by atoms with van der Waals surface area (Å²) in [5.74, 6) is -0.803. The van der Waals surface area contributed by atoms with Crippen molar-refractivity contribution in [2.45, 2.75) is 44.1 Å². The number of hydrogen-bond acceptors (Lipinski definition) is 2. The summed E-state index contributed by atoms with van der Waals surface area (Å²) in [5.41, 5.74) is 9.66. The predicted octanol–water partition coefficient (Wildman–Crippen LogP) is 6.84. The summed E-state index contributed by atoms with van der Waals surface area (Å²) in [6.45, 7) is 0.300. The zero-order valence-corrected chi connectivity index (χ0v) is 16.7. The molecule has 5 nitrogen and oxygen atoms in total. The highest BCUT2D eigenvalue weighted by atomic mass is 19.4. The van der Waals surface area contributed by atoms with Crippen LogP contribution in [0, 0.1) is 5.53 Å². The molecule has 2 aromatic rings. The van der Waals surface area contributed by atoms with E-state index in [1.54, 1.807) is 4.91 Å². The number of hydrogen-bond donors (Lipinski definition) is 1. The SMILES string of the molecule is O=C(c1cc(C(F)(F)F)cc(C(F)(F)F)c1)N1CCCC[C@@H]1Cc1ccccc1.[N-]=[N+]=N. The molecule has 1 heterocycles. The highest BCUT2D eigenvalue weighted by Gasteiger charge is 2.38. The van der Waals surface area contributed by atoms with Crippen LogP contribution in [0.5, 0.6) is 0 Å². The van der Waals surface area contributed by atoms with Crippen molar-refractivity contribution in [1.82, 2.24) is 4.90 Å². The molecule has 3 rings (SSSR count). The number of likely N-dealkylation sites (tertiary alicyclic amines) is 1. The average molecular weight is 458 g/mol. The number of alkyl halides is 6. The van der Waals surface area contributed by atoms with Crippen LogP contribution in [0.1, 0.15) is 46.3 Å². The highest BCUT2D eigenvalue weighted by Crippen LogP contribution is 2.37. The van der Waals surface area contributed by atoms with Crippen LogP contribution >= 0.6 is 0 Å². The molecular formula is C21H20F6N4O. The van der Waals surface area contributed by atoms with Crippen molar-refractivity contribution >= 4 is 5.91 Å². The second-order valence-corrected chi connectivity index (χ2v) is 7.23. The van der Waals surface area contributed by atoms with Crippen molar-refractivity contribution in [3.63, 3.8) is 0 Å². The number of nitrogens with one attached hydrogen (secondary N) is 1. The van der Waals surface area contributed by atoms with Gasteiger partial charge in [0, 0.05) is 18.2 Å². The minimum atomic E-state index is -4.98. The van der Waals surface area contributed by atoms with E-state index in [1.807, 2.05) is 30.3 Å². The molecular weight excluding hydrogens is 438 g/mol. The monoisotopic (exact) mass is 458 g/mol. The van der Waals surface area contributed by atoms with Gasteiger partial charge < -0.3 is 4.90 Å². The molecule has 0 unspecified atom stereocenters. The van der Waals surface area contributed by atoms with Gasteiger partial charge in [-0.05, 0) is 59.9 Å². The lowest BCUT2D eigenvalue weighted by molar-refractivity contribution is -0.143. The van der Waals surface area contributed by atoms with E-state index in [0.29, 0.717) is 37.9 Å². The summed E-state index contributed by atoms with van der Waals surface area (Å²) >= 11 is 0. The van der Waals surface area contributed by atoms with E-state index in [4.69, 9.17) is 11.1 Å². The lowest BCUT2D eigenvalue weighted by atomic mass is 9.94. The molecule has 1 N–H and O–H groups in total. The second kappa shape index (κ2) is 10.4. The van der Waals surface area contributed by atoms with Gasteiger partial charge in [0.1, 0.15) is 0 Å². The molecule has 11 heteroatoms. The Morgan fingerprint density at radius 2 is 1.53 bits per heavy atom. The number of carbonyl (C=O) groups excluding carboxylic acids is 1. The van der Waals surface area contributed by atoms with E-state index in [2.05, 4.69) is 0 Å². The van der Waals surface area contributed by atoms with Gasteiger partial charge in [0.2, 0.25) is 0 Å². The molecule has 1 saturated heterocycles. The Morgan fingerprint density at radius 3 is 2.03 bits per heavy atom. The molecule has 1 fully saturated rings. The lowest BCUT2D eigenvalue weighted by Crippen LogP contribution is -2.45. The second-order valence-electron chi connectivity index (χ2n) is 7.23. The minimum Gasteiger partial charge on any atom is -0.335 e. The van der Waals surface area contributed by atoms with Crippen LogP contribution in [0.2, 0.25) is 0 Å². The number of carbonyl (C=O) groups is 1. The molecule has 0 saturated carbocycles.